The smallest absolute Gasteiger partial charge is 0.306 e. The molecule has 0 saturated heterocycles. The van der Waals surface area contributed by atoms with Crippen molar-refractivity contribution in [1.82, 2.24) is 0 Å². The van der Waals surface area contributed by atoms with Gasteiger partial charge in [-0.05, 0) is 51.4 Å². The van der Waals surface area contributed by atoms with Crippen LogP contribution in [0.25, 0.3) is 0 Å². The van der Waals surface area contributed by atoms with Crippen LogP contribution >= 0.6 is 0 Å². The lowest BCUT2D eigenvalue weighted by Gasteiger charge is -2.18. The van der Waals surface area contributed by atoms with E-state index in [-0.39, 0.29) is 31.1 Å². The molecule has 0 fully saturated rings. The van der Waals surface area contributed by atoms with Gasteiger partial charge >= 0.3 is 17.9 Å². The number of hydrogen-bond donors (Lipinski definition) is 0. The first-order valence-corrected chi connectivity index (χ1v) is 25.3. The van der Waals surface area contributed by atoms with Crippen LogP contribution in [0, 0.1) is 0 Å². The number of rotatable bonds is 46. The Morgan fingerprint density at radius 3 is 0.948 bits per heavy atom. The number of allylic oxidation sites excluding steroid dienone is 4. The van der Waals surface area contributed by atoms with E-state index < -0.39 is 6.10 Å². The van der Waals surface area contributed by atoms with E-state index in [2.05, 4.69) is 45.1 Å². The molecule has 0 saturated carbocycles. The predicted molar refractivity (Wildman–Crippen MR) is 247 cm³/mol. The van der Waals surface area contributed by atoms with Crippen molar-refractivity contribution >= 4 is 17.9 Å². The Morgan fingerprint density at radius 1 is 0.345 bits per heavy atom. The van der Waals surface area contributed by atoms with Crippen LogP contribution in [0.1, 0.15) is 271 Å². The lowest BCUT2D eigenvalue weighted by molar-refractivity contribution is -0.167. The predicted octanol–water partition coefficient (Wildman–Crippen LogP) is 16.4. The average molecular weight is 817 g/mol. The number of esters is 3. The summed E-state index contributed by atoms with van der Waals surface area (Å²) in [6.07, 6.45) is 53.4. The quantitative estimate of drug-likeness (QED) is 0.0263. The summed E-state index contributed by atoms with van der Waals surface area (Å²) < 4.78 is 16.7. The second-order valence-electron chi connectivity index (χ2n) is 17.1. The van der Waals surface area contributed by atoms with Crippen molar-refractivity contribution in [1.29, 1.82) is 0 Å². The molecule has 0 aliphatic rings. The van der Waals surface area contributed by atoms with Crippen LogP contribution < -0.4 is 0 Å². The fourth-order valence-electron chi connectivity index (χ4n) is 7.36. The van der Waals surface area contributed by atoms with Gasteiger partial charge < -0.3 is 14.2 Å². The molecule has 1 unspecified atom stereocenters. The van der Waals surface area contributed by atoms with Gasteiger partial charge in [-0.25, -0.2) is 0 Å². The zero-order valence-corrected chi connectivity index (χ0v) is 38.8. The Labute approximate surface area is 360 Å². The number of unbranched alkanes of at least 4 members (excludes halogenated alkanes) is 31. The third kappa shape index (κ3) is 45.0. The van der Waals surface area contributed by atoms with Crippen LogP contribution in [-0.2, 0) is 28.6 Å². The zero-order valence-electron chi connectivity index (χ0n) is 38.8. The normalized spacial score (nSPS) is 12.1. The van der Waals surface area contributed by atoms with Crippen LogP contribution in [-0.4, -0.2) is 37.2 Å². The summed E-state index contributed by atoms with van der Waals surface area (Å²) >= 11 is 0. The van der Waals surface area contributed by atoms with Crippen molar-refractivity contribution in [3.05, 3.63) is 24.3 Å². The fraction of sp³-hybridized carbons (Fsp3) is 0.865. The number of ether oxygens (including phenoxy) is 3. The van der Waals surface area contributed by atoms with Gasteiger partial charge in [-0.1, -0.05) is 225 Å². The number of carbonyl (C=O) groups excluding carboxylic acids is 3. The highest BCUT2D eigenvalue weighted by molar-refractivity contribution is 5.71. The van der Waals surface area contributed by atoms with Gasteiger partial charge in [-0.15, -0.1) is 0 Å². The van der Waals surface area contributed by atoms with Crippen molar-refractivity contribution in [2.75, 3.05) is 13.2 Å². The first-order valence-electron chi connectivity index (χ1n) is 25.3. The van der Waals surface area contributed by atoms with Crippen molar-refractivity contribution in [2.45, 2.75) is 277 Å². The Kier molecular flexibility index (Phi) is 45.8. The second-order valence-corrected chi connectivity index (χ2v) is 17.1. The summed E-state index contributed by atoms with van der Waals surface area (Å²) in [4.78, 5) is 37.6. The monoisotopic (exact) mass is 817 g/mol. The summed E-state index contributed by atoms with van der Waals surface area (Å²) in [5.41, 5.74) is 0. The molecule has 0 aliphatic heterocycles. The van der Waals surface area contributed by atoms with E-state index >= 15 is 0 Å². The lowest BCUT2D eigenvalue weighted by atomic mass is 10.0. The summed E-state index contributed by atoms with van der Waals surface area (Å²) in [6.45, 7) is 6.56. The maximum absolute atomic E-state index is 12.7. The van der Waals surface area contributed by atoms with Crippen LogP contribution in [0.3, 0.4) is 0 Å². The van der Waals surface area contributed by atoms with E-state index in [0.29, 0.717) is 19.3 Å². The van der Waals surface area contributed by atoms with Gasteiger partial charge in [0.2, 0.25) is 0 Å². The maximum atomic E-state index is 12.7. The molecule has 0 bridgehead atoms. The summed E-state index contributed by atoms with van der Waals surface area (Å²) in [5, 5.41) is 0. The summed E-state index contributed by atoms with van der Waals surface area (Å²) in [5.74, 6) is -0.877. The van der Waals surface area contributed by atoms with Crippen molar-refractivity contribution in [3.63, 3.8) is 0 Å². The van der Waals surface area contributed by atoms with E-state index in [1.54, 1.807) is 0 Å². The van der Waals surface area contributed by atoms with Gasteiger partial charge in [0.15, 0.2) is 6.10 Å². The second kappa shape index (κ2) is 47.6. The molecule has 0 rings (SSSR count). The van der Waals surface area contributed by atoms with Crippen LogP contribution in [0.4, 0.5) is 0 Å². The highest BCUT2D eigenvalue weighted by Crippen LogP contribution is 2.16. The molecule has 0 aromatic carbocycles. The molecular formula is C52H96O6. The average Bonchev–Trinajstić information content (AvgIpc) is 3.22. The molecular weight excluding hydrogens is 721 g/mol. The van der Waals surface area contributed by atoms with Crippen LogP contribution in [0.2, 0.25) is 0 Å². The molecule has 0 radical (unpaired) electrons. The Morgan fingerprint density at radius 2 is 0.621 bits per heavy atom. The highest BCUT2D eigenvalue weighted by atomic mass is 16.6. The lowest BCUT2D eigenvalue weighted by Crippen LogP contribution is -2.30. The van der Waals surface area contributed by atoms with E-state index in [1.807, 2.05) is 0 Å². The number of carbonyl (C=O) groups is 3. The molecule has 0 heterocycles. The van der Waals surface area contributed by atoms with Crippen LogP contribution in [0.15, 0.2) is 24.3 Å². The van der Waals surface area contributed by atoms with E-state index in [4.69, 9.17) is 14.2 Å². The number of hydrogen-bond acceptors (Lipinski definition) is 6. The van der Waals surface area contributed by atoms with Gasteiger partial charge in [0.05, 0.1) is 0 Å². The molecule has 0 aromatic heterocycles. The zero-order chi connectivity index (χ0) is 42.3. The molecule has 58 heavy (non-hydrogen) atoms. The largest absolute Gasteiger partial charge is 0.462 e. The van der Waals surface area contributed by atoms with Crippen LogP contribution in [0.5, 0.6) is 0 Å². The third-order valence-electron chi connectivity index (χ3n) is 11.2. The maximum Gasteiger partial charge on any atom is 0.306 e. The van der Waals surface area contributed by atoms with Gasteiger partial charge in [0.25, 0.3) is 0 Å². The molecule has 6 nitrogen and oxygen atoms in total. The summed E-state index contributed by atoms with van der Waals surface area (Å²) in [6, 6.07) is 0. The Bertz CT molecular complexity index is 942. The van der Waals surface area contributed by atoms with E-state index in [0.717, 1.165) is 70.6 Å². The Hall–Kier alpha value is -2.11. The van der Waals surface area contributed by atoms with Crippen molar-refractivity contribution < 1.29 is 28.6 Å². The first kappa shape index (κ1) is 55.9. The standard InChI is InChI=1S/C52H96O6/c1-4-7-10-13-15-17-19-21-23-24-25-26-27-28-29-31-32-34-36-39-42-45-51(54)57-48-49(47-56-50(53)44-41-38-12-9-6-3)58-52(55)46-43-40-37-35-33-30-22-20-18-16-14-11-8-5-2/h19,21,24-25,49H,4-18,20,22-23,26-48H2,1-3H3/b21-19-,25-24-. The van der Waals surface area contributed by atoms with Gasteiger partial charge in [0.1, 0.15) is 13.2 Å². The molecule has 1 atom stereocenters. The Balaban J connectivity index is 4.12. The minimum atomic E-state index is -0.764. The minimum absolute atomic E-state index is 0.0702. The topological polar surface area (TPSA) is 78.9 Å². The van der Waals surface area contributed by atoms with Gasteiger partial charge in [0, 0.05) is 19.3 Å². The molecule has 6 heteroatoms. The third-order valence-corrected chi connectivity index (χ3v) is 11.2. The van der Waals surface area contributed by atoms with Crippen molar-refractivity contribution in [2.24, 2.45) is 0 Å². The first-order chi connectivity index (χ1) is 28.5. The SMILES string of the molecule is CCCCCCC/C=C\C/C=C\CCCCCCCCCCCC(=O)OCC(COC(=O)CCCCCCC)OC(=O)CCCCCCCCCCCCCCCC. The van der Waals surface area contributed by atoms with E-state index in [1.165, 1.54) is 161 Å². The molecule has 0 aliphatic carbocycles. The summed E-state index contributed by atoms with van der Waals surface area (Å²) in [7, 11) is 0. The minimum Gasteiger partial charge on any atom is -0.462 e. The van der Waals surface area contributed by atoms with Crippen molar-refractivity contribution in [3.8, 4) is 0 Å². The van der Waals surface area contributed by atoms with E-state index in [9.17, 15) is 14.4 Å². The molecule has 0 amide bonds. The fourth-order valence-corrected chi connectivity index (χ4v) is 7.36. The highest BCUT2D eigenvalue weighted by Gasteiger charge is 2.19. The van der Waals surface area contributed by atoms with Gasteiger partial charge in [-0.2, -0.15) is 0 Å². The molecule has 340 valence electrons. The molecule has 0 N–H and O–H groups in total. The van der Waals surface area contributed by atoms with Gasteiger partial charge in [-0.3, -0.25) is 14.4 Å². The molecule has 0 aromatic rings. The molecule has 0 spiro atoms.